The van der Waals surface area contributed by atoms with Gasteiger partial charge in [-0.3, -0.25) is 4.79 Å². The van der Waals surface area contributed by atoms with E-state index in [0.717, 1.165) is 23.8 Å². The van der Waals surface area contributed by atoms with Gasteiger partial charge >= 0.3 is 0 Å². The number of carbonyl (C=O) groups is 1. The van der Waals surface area contributed by atoms with Crippen molar-refractivity contribution in [2.45, 2.75) is 12.8 Å². The number of carbonyl (C=O) groups excluding carboxylic acids is 1. The number of amides is 1. The number of phenolic OH excluding ortho intramolecular Hbond substituents is 1. The molecule has 1 N–H and O–H groups in total. The first-order valence-corrected chi connectivity index (χ1v) is 7.10. The zero-order valence-corrected chi connectivity index (χ0v) is 11.2. The monoisotopic (exact) mass is 274 g/mol. The maximum absolute atomic E-state index is 11.9. The van der Waals surface area contributed by atoms with Crippen LogP contribution in [0.3, 0.4) is 0 Å². The van der Waals surface area contributed by atoms with E-state index in [9.17, 15) is 9.90 Å². The average molecular weight is 274 g/mol. The third kappa shape index (κ3) is 2.66. The Bertz CT molecular complexity index is 557. The molecule has 2 aliphatic rings. The fourth-order valence-electron chi connectivity index (χ4n) is 2.16. The molecule has 2 aliphatic heterocycles. The fraction of sp³-hybridized carbons (Fsp3) is 0.286. The summed E-state index contributed by atoms with van der Waals surface area (Å²) in [6.07, 6.45) is 4.16. The molecule has 0 unspecified atom stereocenters. The number of aliphatic imine (C=N–C) groups is 1. The normalized spacial score (nSPS) is 21.3. The number of benzene rings is 1. The van der Waals surface area contributed by atoms with Gasteiger partial charge in [0.25, 0.3) is 5.91 Å². The van der Waals surface area contributed by atoms with Crippen molar-refractivity contribution in [2.75, 3.05) is 13.1 Å². The molecule has 0 aromatic heterocycles. The summed E-state index contributed by atoms with van der Waals surface area (Å²) in [5.41, 5.74) is 0.895. The number of rotatable bonds is 1. The zero-order chi connectivity index (χ0) is 13.2. The summed E-state index contributed by atoms with van der Waals surface area (Å²) in [7, 11) is 0. The van der Waals surface area contributed by atoms with E-state index >= 15 is 0 Å². The van der Waals surface area contributed by atoms with Crippen LogP contribution in [0.25, 0.3) is 6.08 Å². The zero-order valence-electron chi connectivity index (χ0n) is 10.4. The van der Waals surface area contributed by atoms with E-state index < -0.39 is 0 Å². The van der Waals surface area contributed by atoms with Crippen molar-refractivity contribution in [3.05, 3.63) is 34.7 Å². The smallest absolute Gasteiger partial charge is 0.286 e. The summed E-state index contributed by atoms with van der Waals surface area (Å²) in [5, 5.41) is 10.1. The van der Waals surface area contributed by atoms with Crippen molar-refractivity contribution < 1.29 is 9.90 Å². The molecule has 19 heavy (non-hydrogen) atoms. The van der Waals surface area contributed by atoms with Crippen LogP contribution in [0.2, 0.25) is 0 Å². The Labute approximate surface area is 115 Å². The lowest BCUT2D eigenvalue weighted by Crippen LogP contribution is -2.23. The van der Waals surface area contributed by atoms with Crippen LogP contribution in [0.4, 0.5) is 0 Å². The van der Waals surface area contributed by atoms with Gasteiger partial charge in [-0.15, -0.1) is 0 Å². The van der Waals surface area contributed by atoms with E-state index in [0.29, 0.717) is 4.91 Å². The van der Waals surface area contributed by atoms with E-state index in [1.54, 1.807) is 24.3 Å². The van der Waals surface area contributed by atoms with Crippen LogP contribution in [-0.2, 0) is 4.79 Å². The van der Waals surface area contributed by atoms with Gasteiger partial charge < -0.3 is 10.0 Å². The molecule has 98 valence electrons. The Hall–Kier alpha value is -1.75. The summed E-state index contributed by atoms with van der Waals surface area (Å²) < 4.78 is 0. The summed E-state index contributed by atoms with van der Waals surface area (Å²) >= 11 is 1.44. The lowest BCUT2D eigenvalue weighted by Gasteiger charge is -2.14. The van der Waals surface area contributed by atoms with Crippen molar-refractivity contribution in [1.82, 2.24) is 4.90 Å². The molecular weight excluding hydrogens is 260 g/mol. The van der Waals surface area contributed by atoms with Crippen LogP contribution >= 0.6 is 11.8 Å². The minimum absolute atomic E-state index is 0.167. The molecule has 1 amide bonds. The second-order valence-electron chi connectivity index (χ2n) is 4.60. The first kappa shape index (κ1) is 12.3. The number of nitrogens with zero attached hydrogens (tertiary/aromatic N) is 2. The molecule has 2 heterocycles. The van der Waals surface area contributed by atoms with E-state index in [2.05, 4.69) is 9.89 Å². The van der Waals surface area contributed by atoms with Crippen LogP contribution in [0.1, 0.15) is 18.4 Å². The van der Waals surface area contributed by atoms with Crippen molar-refractivity contribution in [3.8, 4) is 5.75 Å². The number of aromatic hydroxyl groups is 1. The van der Waals surface area contributed by atoms with Gasteiger partial charge in [-0.05, 0) is 48.4 Å². The molecule has 4 nitrogen and oxygen atoms in total. The minimum atomic E-state index is -0.167. The van der Waals surface area contributed by atoms with Crippen LogP contribution in [0.5, 0.6) is 5.75 Å². The standard InChI is InChI=1S/C14H14N2O2S/c17-11-5-3-10(4-6-11)9-12-13(18)15-14(19-12)16-7-1-2-8-16/h3-6,9,17H,1-2,7-8H2. The lowest BCUT2D eigenvalue weighted by molar-refractivity contribution is -0.113. The lowest BCUT2D eigenvalue weighted by atomic mass is 10.2. The number of phenols is 1. The summed E-state index contributed by atoms with van der Waals surface area (Å²) in [5.74, 6) is 0.0570. The van der Waals surface area contributed by atoms with Crippen molar-refractivity contribution >= 4 is 28.9 Å². The maximum atomic E-state index is 11.9. The molecule has 1 fully saturated rings. The van der Waals surface area contributed by atoms with Crippen molar-refractivity contribution in [3.63, 3.8) is 0 Å². The van der Waals surface area contributed by atoms with Crippen molar-refractivity contribution in [1.29, 1.82) is 0 Å². The highest BCUT2D eigenvalue weighted by Crippen LogP contribution is 2.31. The molecular formula is C14H14N2O2S. The van der Waals surface area contributed by atoms with Crippen LogP contribution < -0.4 is 0 Å². The number of hydrogen-bond donors (Lipinski definition) is 1. The van der Waals surface area contributed by atoms with Gasteiger partial charge in [0.2, 0.25) is 0 Å². The second-order valence-corrected chi connectivity index (χ2v) is 5.60. The molecule has 0 spiro atoms. The van der Waals surface area contributed by atoms with Gasteiger partial charge in [-0.25, -0.2) is 0 Å². The molecule has 0 bridgehead atoms. The van der Waals surface area contributed by atoms with E-state index in [1.165, 1.54) is 24.6 Å². The Morgan fingerprint density at radius 3 is 2.58 bits per heavy atom. The highest BCUT2D eigenvalue weighted by molar-refractivity contribution is 8.18. The largest absolute Gasteiger partial charge is 0.508 e. The summed E-state index contributed by atoms with van der Waals surface area (Å²) in [4.78, 5) is 18.8. The number of hydrogen-bond acceptors (Lipinski definition) is 4. The average Bonchev–Trinajstić information content (AvgIpc) is 3.03. The van der Waals surface area contributed by atoms with Gasteiger partial charge in [0, 0.05) is 13.1 Å². The molecule has 5 heteroatoms. The quantitative estimate of drug-likeness (QED) is 0.799. The molecule has 1 aromatic rings. The van der Waals surface area contributed by atoms with Gasteiger partial charge in [0.05, 0.1) is 4.91 Å². The van der Waals surface area contributed by atoms with Crippen LogP contribution in [0, 0.1) is 0 Å². The van der Waals surface area contributed by atoms with E-state index in [-0.39, 0.29) is 11.7 Å². The first-order chi connectivity index (χ1) is 9.22. The maximum Gasteiger partial charge on any atom is 0.286 e. The van der Waals surface area contributed by atoms with Crippen molar-refractivity contribution in [2.24, 2.45) is 4.99 Å². The minimum Gasteiger partial charge on any atom is -0.508 e. The summed E-state index contributed by atoms with van der Waals surface area (Å²) in [6, 6.07) is 6.78. The third-order valence-electron chi connectivity index (χ3n) is 3.18. The van der Waals surface area contributed by atoms with Gasteiger partial charge in [-0.2, -0.15) is 4.99 Å². The Morgan fingerprint density at radius 2 is 1.89 bits per heavy atom. The first-order valence-electron chi connectivity index (χ1n) is 6.29. The Kier molecular flexibility index (Phi) is 3.29. The predicted molar refractivity (Wildman–Crippen MR) is 76.9 cm³/mol. The van der Waals surface area contributed by atoms with Crippen LogP contribution in [0.15, 0.2) is 34.2 Å². The highest BCUT2D eigenvalue weighted by Gasteiger charge is 2.27. The highest BCUT2D eigenvalue weighted by atomic mass is 32.2. The number of thioether (sulfide) groups is 1. The second kappa shape index (κ2) is 5.09. The van der Waals surface area contributed by atoms with Gasteiger partial charge in [-0.1, -0.05) is 12.1 Å². The molecule has 1 aromatic carbocycles. The Morgan fingerprint density at radius 1 is 1.21 bits per heavy atom. The molecule has 0 atom stereocenters. The van der Waals surface area contributed by atoms with E-state index in [1.807, 2.05) is 6.08 Å². The van der Waals surface area contributed by atoms with Gasteiger partial charge in [0.1, 0.15) is 5.75 Å². The molecule has 0 saturated carbocycles. The Balaban J connectivity index is 1.77. The summed E-state index contributed by atoms with van der Waals surface area (Å²) in [6.45, 7) is 1.98. The predicted octanol–water partition coefficient (Wildman–Crippen LogP) is 2.46. The molecule has 0 radical (unpaired) electrons. The molecule has 1 saturated heterocycles. The topological polar surface area (TPSA) is 52.9 Å². The molecule has 3 rings (SSSR count). The SMILES string of the molecule is O=C1N=C(N2CCCC2)SC1=Cc1ccc(O)cc1. The third-order valence-corrected chi connectivity index (χ3v) is 4.22. The van der Waals surface area contributed by atoms with Crippen LogP contribution in [-0.4, -0.2) is 34.2 Å². The number of amidine groups is 1. The molecule has 0 aliphatic carbocycles. The number of likely N-dealkylation sites (tertiary alicyclic amines) is 1. The fourth-order valence-corrected chi connectivity index (χ4v) is 3.13. The van der Waals surface area contributed by atoms with E-state index in [4.69, 9.17) is 0 Å². The van der Waals surface area contributed by atoms with Gasteiger partial charge in [0.15, 0.2) is 5.17 Å².